The number of hydrogen-bond donors (Lipinski definition) is 0. The Morgan fingerprint density at radius 1 is 1.83 bits per heavy atom. The number of ether oxygens (including phenoxy) is 2. The van der Waals surface area contributed by atoms with Crippen molar-refractivity contribution in [2.75, 3.05) is 6.61 Å². The smallest absolute Gasteiger partial charge is 0.304 e. The van der Waals surface area contributed by atoms with Crippen molar-refractivity contribution in [3.8, 4) is 0 Å². The van der Waals surface area contributed by atoms with Crippen molar-refractivity contribution < 1.29 is 19.1 Å². The molecule has 0 aromatic heterocycles. The zero-order valence-corrected chi connectivity index (χ0v) is 6.94. The molecule has 1 rings (SSSR count). The maximum atomic E-state index is 11.0. The van der Waals surface area contributed by atoms with E-state index in [0.29, 0.717) is 0 Å². The number of nitrogens with zero attached hydrogens (tertiary/aromatic N) is 1. The lowest BCUT2D eigenvalue weighted by atomic mass is 10.5. The first-order valence-corrected chi connectivity index (χ1v) is 3.54. The molecule has 1 atom stereocenters. The summed E-state index contributed by atoms with van der Waals surface area (Å²) in [6.45, 7) is 4.17. The largest absolute Gasteiger partial charge is 0.524 e. The highest BCUT2D eigenvalue weighted by Crippen LogP contribution is 2.11. The Balaban J connectivity index is 2.45. The topological polar surface area (TPSA) is 55.8 Å². The predicted molar refractivity (Wildman–Crippen MR) is 38.3 cm³/mol. The lowest BCUT2D eigenvalue weighted by Gasteiger charge is -2.29. The number of esters is 1. The normalized spacial score (nSPS) is 19.5. The van der Waals surface area contributed by atoms with E-state index < -0.39 is 12.2 Å². The van der Waals surface area contributed by atoms with Crippen molar-refractivity contribution in [3.05, 3.63) is 6.73 Å². The van der Waals surface area contributed by atoms with Crippen LogP contribution in [0, 0.1) is 6.73 Å². The molecule has 1 fully saturated rings. The molecule has 0 saturated carbocycles. The minimum Gasteiger partial charge on any atom is -0.524 e. The molecule has 0 aromatic carbocycles. The van der Waals surface area contributed by atoms with E-state index in [1.165, 1.54) is 18.6 Å². The summed E-state index contributed by atoms with van der Waals surface area (Å²) < 4.78 is 9.49. The average molecular weight is 172 g/mol. The minimum absolute atomic E-state index is 0.0194. The Labute approximate surface area is 70.2 Å². The highest BCUT2D eigenvalue weighted by Gasteiger charge is 2.19. The Kier molecular flexibility index (Phi) is 2.65. The van der Waals surface area contributed by atoms with E-state index in [2.05, 4.69) is 0 Å². The maximum Gasteiger partial charge on any atom is 0.304 e. The zero-order valence-electron chi connectivity index (χ0n) is 6.94. The van der Waals surface area contributed by atoms with Gasteiger partial charge in [0.1, 0.15) is 6.23 Å². The fraction of sp³-hybridized carbons (Fsp3) is 0.571. The molecule has 0 aliphatic carbocycles. The Morgan fingerprint density at radius 3 is 2.92 bits per heavy atom. The quantitative estimate of drug-likeness (QED) is 0.430. The molecule has 5 nitrogen and oxygen atoms in total. The third-order valence-corrected chi connectivity index (χ3v) is 1.41. The van der Waals surface area contributed by atoms with Gasteiger partial charge in [0.2, 0.25) is 5.91 Å². The summed E-state index contributed by atoms with van der Waals surface area (Å²) in [5.74, 6) is -0.626. The van der Waals surface area contributed by atoms with E-state index in [-0.39, 0.29) is 12.5 Å². The molecular weight excluding hydrogens is 162 g/mol. The minimum atomic E-state index is -0.586. The third-order valence-electron chi connectivity index (χ3n) is 1.41. The van der Waals surface area contributed by atoms with Gasteiger partial charge in [0.05, 0.1) is 6.61 Å². The average Bonchev–Trinajstić information content (AvgIpc) is 2.33. The first kappa shape index (κ1) is 8.99. The van der Waals surface area contributed by atoms with Crippen LogP contribution in [0.2, 0.25) is 0 Å². The molecule has 0 N–H and O–H groups in total. The van der Waals surface area contributed by atoms with E-state index in [9.17, 15) is 9.59 Å². The van der Waals surface area contributed by atoms with Gasteiger partial charge in [0, 0.05) is 6.92 Å². The zero-order chi connectivity index (χ0) is 9.14. The number of carbonyl (C=O) groups is 2. The van der Waals surface area contributed by atoms with E-state index >= 15 is 0 Å². The summed E-state index contributed by atoms with van der Waals surface area (Å²) in [7, 11) is 0. The highest BCUT2D eigenvalue weighted by atomic mass is 16.6. The fourth-order valence-electron chi connectivity index (χ4n) is 0.908. The van der Waals surface area contributed by atoms with Gasteiger partial charge in [-0.05, 0) is 6.92 Å². The summed E-state index contributed by atoms with van der Waals surface area (Å²) in [6, 6.07) is 0. The van der Waals surface area contributed by atoms with Crippen molar-refractivity contribution in [3.63, 3.8) is 0 Å². The molecule has 1 saturated heterocycles. The summed E-state index contributed by atoms with van der Waals surface area (Å²) in [4.78, 5) is 22.7. The van der Waals surface area contributed by atoms with Gasteiger partial charge in [-0.3, -0.25) is 9.59 Å². The molecule has 0 bridgehead atoms. The van der Waals surface area contributed by atoms with Crippen molar-refractivity contribution in [1.82, 2.24) is 4.90 Å². The number of hydrogen-bond acceptors (Lipinski definition) is 4. The van der Waals surface area contributed by atoms with Crippen molar-refractivity contribution >= 4 is 11.9 Å². The van der Waals surface area contributed by atoms with Crippen LogP contribution in [-0.4, -0.2) is 29.6 Å². The molecule has 1 unspecified atom stereocenters. The number of amides is 1. The van der Waals surface area contributed by atoms with Crippen LogP contribution in [0.25, 0.3) is 0 Å². The molecule has 1 heterocycles. The molecular formula is C7H10NO4-. The SMILES string of the molecule is CC(=O)OC(C)N1[CH-]OCC1=O. The molecule has 0 radical (unpaired) electrons. The molecule has 68 valence electrons. The standard InChI is InChI=1S/C7H10NO4/c1-5(12-6(2)9)8-4-11-3-7(8)10/h4-5H,3H2,1-2H3/q-1. The summed E-state index contributed by atoms with van der Waals surface area (Å²) >= 11 is 0. The predicted octanol–water partition coefficient (Wildman–Crippen LogP) is -0.126. The van der Waals surface area contributed by atoms with Gasteiger partial charge in [-0.25, -0.2) is 0 Å². The van der Waals surface area contributed by atoms with Gasteiger partial charge in [0.15, 0.2) is 0 Å². The van der Waals surface area contributed by atoms with Gasteiger partial charge >= 0.3 is 5.97 Å². The molecule has 1 amide bonds. The van der Waals surface area contributed by atoms with Crippen LogP contribution in [0.4, 0.5) is 0 Å². The summed E-state index contributed by atoms with van der Waals surface area (Å²) in [5, 5.41) is 0. The second-order valence-corrected chi connectivity index (χ2v) is 2.43. The Morgan fingerprint density at radius 2 is 2.50 bits per heavy atom. The summed E-state index contributed by atoms with van der Waals surface area (Å²) in [5.41, 5.74) is 0. The van der Waals surface area contributed by atoms with Crippen molar-refractivity contribution in [1.29, 1.82) is 0 Å². The van der Waals surface area contributed by atoms with E-state index in [0.717, 1.165) is 0 Å². The monoisotopic (exact) mass is 172 g/mol. The van der Waals surface area contributed by atoms with Crippen LogP contribution in [-0.2, 0) is 19.1 Å². The fourth-order valence-corrected chi connectivity index (χ4v) is 0.908. The molecule has 0 spiro atoms. The lowest BCUT2D eigenvalue weighted by Crippen LogP contribution is -2.35. The molecule has 5 heteroatoms. The molecule has 12 heavy (non-hydrogen) atoms. The number of rotatable bonds is 2. The third kappa shape index (κ3) is 1.94. The summed E-state index contributed by atoms with van der Waals surface area (Å²) in [6.07, 6.45) is -0.586. The van der Waals surface area contributed by atoms with Gasteiger partial charge in [0.25, 0.3) is 0 Å². The first-order chi connectivity index (χ1) is 5.61. The van der Waals surface area contributed by atoms with Crippen LogP contribution in [0.3, 0.4) is 0 Å². The number of carbonyl (C=O) groups excluding carboxylic acids is 2. The lowest BCUT2D eigenvalue weighted by molar-refractivity contribution is -0.157. The Hall–Kier alpha value is -1.10. The Bertz CT molecular complexity index is 204. The van der Waals surface area contributed by atoms with Gasteiger partial charge < -0.3 is 14.4 Å². The second-order valence-electron chi connectivity index (χ2n) is 2.43. The molecule has 1 aliphatic heterocycles. The highest BCUT2D eigenvalue weighted by molar-refractivity contribution is 5.80. The van der Waals surface area contributed by atoms with Crippen LogP contribution < -0.4 is 0 Å². The molecule has 0 aromatic rings. The van der Waals surface area contributed by atoms with Crippen LogP contribution in [0.1, 0.15) is 13.8 Å². The van der Waals surface area contributed by atoms with Crippen molar-refractivity contribution in [2.24, 2.45) is 0 Å². The van der Waals surface area contributed by atoms with Crippen LogP contribution in [0.5, 0.6) is 0 Å². The first-order valence-electron chi connectivity index (χ1n) is 3.54. The van der Waals surface area contributed by atoms with Crippen LogP contribution in [0.15, 0.2) is 0 Å². The second kappa shape index (κ2) is 3.53. The van der Waals surface area contributed by atoms with E-state index in [1.54, 1.807) is 6.92 Å². The van der Waals surface area contributed by atoms with Gasteiger partial charge in [-0.1, -0.05) is 0 Å². The van der Waals surface area contributed by atoms with Crippen molar-refractivity contribution in [2.45, 2.75) is 20.1 Å². The van der Waals surface area contributed by atoms with E-state index in [1.807, 2.05) is 0 Å². The van der Waals surface area contributed by atoms with Gasteiger partial charge in [-0.15, -0.1) is 6.73 Å². The van der Waals surface area contributed by atoms with Gasteiger partial charge in [-0.2, -0.15) is 0 Å². The van der Waals surface area contributed by atoms with Crippen LogP contribution >= 0.6 is 0 Å². The maximum absolute atomic E-state index is 11.0. The van der Waals surface area contributed by atoms with E-state index in [4.69, 9.17) is 9.47 Å². The molecule has 1 aliphatic rings.